The lowest BCUT2D eigenvalue weighted by atomic mass is 9.76. The summed E-state index contributed by atoms with van der Waals surface area (Å²) in [6, 6.07) is 11.8. The van der Waals surface area contributed by atoms with E-state index in [0.29, 0.717) is 17.2 Å². The van der Waals surface area contributed by atoms with Crippen LogP contribution in [0.3, 0.4) is 0 Å². The van der Waals surface area contributed by atoms with Crippen LogP contribution in [-0.4, -0.2) is 59.1 Å². The number of nitrogens with zero attached hydrogens (tertiary/aromatic N) is 2. The van der Waals surface area contributed by atoms with Crippen LogP contribution in [0.4, 0.5) is 0 Å². The van der Waals surface area contributed by atoms with Crippen LogP contribution in [-0.2, 0) is 25.5 Å². The molecule has 6 nitrogen and oxygen atoms in total. The first-order valence-electron chi connectivity index (χ1n) is 10.2. The Morgan fingerprint density at radius 3 is 2.45 bits per heavy atom. The monoisotopic (exact) mass is 462 g/mol. The van der Waals surface area contributed by atoms with Crippen molar-refractivity contribution in [3.63, 3.8) is 0 Å². The molecule has 0 saturated carbocycles. The molecule has 1 aliphatic rings. The van der Waals surface area contributed by atoms with Crippen LogP contribution < -0.4 is 0 Å². The molecule has 1 aromatic rings. The van der Waals surface area contributed by atoms with E-state index in [-0.39, 0.29) is 31.0 Å². The Kier molecular flexibility index (Phi) is 8.64. The largest absolute Gasteiger partial charge is 0.462 e. The summed E-state index contributed by atoms with van der Waals surface area (Å²) in [4.78, 5) is 27.7. The van der Waals surface area contributed by atoms with Crippen molar-refractivity contribution in [1.82, 2.24) is 4.90 Å². The number of hydrogen-bond donors (Lipinski definition) is 0. The molecule has 1 heterocycles. The predicted molar refractivity (Wildman–Crippen MR) is 126 cm³/mol. The summed E-state index contributed by atoms with van der Waals surface area (Å²) >= 11 is 6.81. The van der Waals surface area contributed by atoms with Crippen molar-refractivity contribution in [1.29, 1.82) is 5.26 Å². The van der Waals surface area contributed by atoms with Gasteiger partial charge in [0.2, 0.25) is 5.91 Å². The third kappa shape index (κ3) is 7.60. The first kappa shape index (κ1) is 25.3. The van der Waals surface area contributed by atoms with Gasteiger partial charge in [-0.3, -0.25) is 9.59 Å². The zero-order valence-corrected chi connectivity index (χ0v) is 20.3. The highest BCUT2D eigenvalue weighted by molar-refractivity contribution is 8.24. The SMILES string of the molecule is CN(C)C(=O)C(CC(C)(Cc1ccccc1)C(=O)OCC1CO1)C(=S)SC(C)(C)C#N. The number of rotatable bonds is 10. The number of thiocarbonyl (C=S) groups is 1. The number of ether oxygens (including phenoxy) is 2. The molecule has 0 aromatic heterocycles. The average molecular weight is 463 g/mol. The zero-order valence-electron chi connectivity index (χ0n) is 18.7. The summed E-state index contributed by atoms with van der Waals surface area (Å²) < 4.78 is 10.3. The smallest absolute Gasteiger partial charge is 0.312 e. The van der Waals surface area contributed by atoms with E-state index in [1.165, 1.54) is 16.7 Å². The van der Waals surface area contributed by atoms with Crippen LogP contribution >= 0.6 is 24.0 Å². The summed E-state index contributed by atoms with van der Waals surface area (Å²) in [5, 5.41) is 9.40. The Balaban J connectivity index is 2.32. The fraction of sp³-hybridized carbons (Fsp3) is 0.565. The summed E-state index contributed by atoms with van der Waals surface area (Å²) in [6.07, 6.45) is 0.554. The third-order valence-corrected chi connectivity index (χ3v) is 6.66. The number of benzene rings is 1. The number of nitriles is 1. The second-order valence-corrected chi connectivity index (χ2v) is 11.2. The van der Waals surface area contributed by atoms with Gasteiger partial charge in [0, 0.05) is 14.1 Å². The minimum atomic E-state index is -0.978. The molecular formula is C23H30N2O4S2. The number of carbonyl (C=O) groups is 2. The first-order valence-corrected chi connectivity index (χ1v) is 11.4. The minimum absolute atomic E-state index is 0.0443. The number of amides is 1. The van der Waals surface area contributed by atoms with Gasteiger partial charge in [-0.25, -0.2) is 0 Å². The van der Waals surface area contributed by atoms with E-state index in [1.807, 2.05) is 37.3 Å². The normalized spacial score (nSPS) is 18.3. The number of carbonyl (C=O) groups excluding carboxylic acids is 2. The van der Waals surface area contributed by atoms with Gasteiger partial charge in [0.15, 0.2) is 0 Å². The molecule has 0 aliphatic carbocycles. The van der Waals surface area contributed by atoms with E-state index in [9.17, 15) is 14.9 Å². The standard InChI is InChI=1S/C23H30N2O4S2/c1-22(2,15-24)31-20(30)18(19(26)25(4)5)12-23(3,11-16-9-7-6-8-10-16)21(27)29-14-17-13-28-17/h6-10,17-18H,11-14H2,1-5H3. The van der Waals surface area contributed by atoms with Gasteiger partial charge in [0.05, 0.1) is 28.2 Å². The van der Waals surface area contributed by atoms with Crippen molar-refractivity contribution in [2.24, 2.45) is 11.3 Å². The maximum Gasteiger partial charge on any atom is 0.312 e. The number of esters is 1. The first-order chi connectivity index (χ1) is 14.5. The van der Waals surface area contributed by atoms with E-state index >= 15 is 0 Å². The summed E-state index contributed by atoms with van der Waals surface area (Å²) in [6.45, 7) is 6.13. The van der Waals surface area contributed by atoms with Crippen molar-refractivity contribution in [2.45, 2.75) is 44.5 Å². The van der Waals surface area contributed by atoms with Gasteiger partial charge < -0.3 is 14.4 Å². The molecule has 168 valence electrons. The highest BCUT2D eigenvalue weighted by Crippen LogP contribution is 2.38. The molecule has 0 bridgehead atoms. The topological polar surface area (TPSA) is 82.9 Å². The van der Waals surface area contributed by atoms with Crippen LogP contribution in [0.1, 0.15) is 32.8 Å². The molecular weight excluding hydrogens is 432 g/mol. The Hall–Kier alpha value is -1.95. The summed E-state index contributed by atoms with van der Waals surface area (Å²) in [7, 11) is 3.32. The molecule has 3 unspecified atom stereocenters. The Morgan fingerprint density at radius 2 is 1.94 bits per heavy atom. The third-order valence-electron chi connectivity index (χ3n) is 5.04. The molecule has 3 atom stereocenters. The highest BCUT2D eigenvalue weighted by Gasteiger charge is 2.43. The van der Waals surface area contributed by atoms with Crippen molar-refractivity contribution in [3.8, 4) is 6.07 Å². The van der Waals surface area contributed by atoms with Crippen LogP contribution in [0.25, 0.3) is 0 Å². The quantitative estimate of drug-likeness (QED) is 0.298. The van der Waals surface area contributed by atoms with Crippen LogP contribution in [0, 0.1) is 22.7 Å². The maximum atomic E-state index is 13.2. The van der Waals surface area contributed by atoms with Gasteiger partial charge in [-0.05, 0) is 39.2 Å². The van der Waals surface area contributed by atoms with Crippen molar-refractivity contribution >= 4 is 40.1 Å². The van der Waals surface area contributed by atoms with E-state index < -0.39 is 16.1 Å². The van der Waals surface area contributed by atoms with E-state index in [1.54, 1.807) is 27.9 Å². The van der Waals surface area contributed by atoms with Gasteiger partial charge in [0.1, 0.15) is 17.5 Å². The lowest BCUT2D eigenvalue weighted by Gasteiger charge is -2.33. The second kappa shape index (κ2) is 10.6. The lowest BCUT2D eigenvalue weighted by Crippen LogP contribution is -2.42. The number of thioether (sulfide) groups is 1. The maximum absolute atomic E-state index is 13.2. The van der Waals surface area contributed by atoms with E-state index in [0.717, 1.165) is 5.56 Å². The molecule has 1 fully saturated rings. The van der Waals surface area contributed by atoms with Gasteiger partial charge in [-0.1, -0.05) is 54.3 Å². The molecule has 2 rings (SSSR count). The molecule has 8 heteroatoms. The van der Waals surface area contributed by atoms with Gasteiger partial charge in [0.25, 0.3) is 0 Å². The lowest BCUT2D eigenvalue weighted by molar-refractivity contribution is -0.156. The molecule has 1 aromatic carbocycles. The minimum Gasteiger partial charge on any atom is -0.462 e. The average Bonchev–Trinajstić information content (AvgIpc) is 3.54. The summed E-state index contributed by atoms with van der Waals surface area (Å²) in [5.41, 5.74) is -0.00911. The molecule has 31 heavy (non-hydrogen) atoms. The fourth-order valence-corrected chi connectivity index (χ4v) is 4.84. The van der Waals surface area contributed by atoms with Gasteiger partial charge in [-0.2, -0.15) is 5.26 Å². The number of epoxide rings is 1. The Bertz CT molecular complexity index is 847. The van der Waals surface area contributed by atoms with E-state index in [2.05, 4.69) is 6.07 Å². The zero-order chi connectivity index (χ0) is 23.2. The molecule has 0 N–H and O–H groups in total. The molecule has 0 radical (unpaired) electrons. The van der Waals surface area contributed by atoms with Crippen LogP contribution in [0.15, 0.2) is 30.3 Å². The molecule has 1 amide bonds. The van der Waals surface area contributed by atoms with E-state index in [4.69, 9.17) is 21.7 Å². The molecule has 1 saturated heterocycles. The second-order valence-electron chi connectivity index (χ2n) is 8.81. The van der Waals surface area contributed by atoms with Crippen molar-refractivity contribution in [3.05, 3.63) is 35.9 Å². The predicted octanol–water partition coefficient (Wildman–Crippen LogP) is 3.63. The number of hydrogen-bond acceptors (Lipinski definition) is 7. The van der Waals surface area contributed by atoms with Crippen LogP contribution in [0.5, 0.6) is 0 Å². The molecule has 1 aliphatic heterocycles. The summed E-state index contributed by atoms with van der Waals surface area (Å²) in [5.74, 6) is -1.28. The van der Waals surface area contributed by atoms with Crippen molar-refractivity contribution < 1.29 is 19.1 Å². The highest BCUT2D eigenvalue weighted by atomic mass is 32.2. The van der Waals surface area contributed by atoms with Crippen molar-refractivity contribution in [2.75, 3.05) is 27.3 Å². The van der Waals surface area contributed by atoms with Gasteiger partial charge >= 0.3 is 5.97 Å². The van der Waals surface area contributed by atoms with Crippen LogP contribution in [0.2, 0.25) is 0 Å². The fourth-order valence-electron chi connectivity index (χ4n) is 3.16. The Morgan fingerprint density at radius 1 is 1.32 bits per heavy atom. The Labute approximate surface area is 194 Å². The molecule has 0 spiro atoms. The van der Waals surface area contributed by atoms with Gasteiger partial charge in [-0.15, -0.1) is 0 Å².